The molecule has 2 heterocycles. The summed E-state index contributed by atoms with van der Waals surface area (Å²) in [5, 5.41) is 1.14. The molecule has 7 aromatic rings. The van der Waals surface area contributed by atoms with E-state index in [1.54, 1.807) is 24.3 Å². The summed E-state index contributed by atoms with van der Waals surface area (Å²) in [6.07, 6.45) is 7.84. The van der Waals surface area contributed by atoms with Crippen molar-refractivity contribution in [2.24, 2.45) is 0 Å². The van der Waals surface area contributed by atoms with Gasteiger partial charge in [-0.1, -0.05) is 133 Å². The first kappa shape index (κ1) is 16.8. The molecule has 0 fully saturated rings. The zero-order valence-electron chi connectivity index (χ0n) is 30.2. The van der Waals surface area contributed by atoms with Crippen molar-refractivity contribution in [2.75, 3.05) is 0 Å². The van der Waals surface area contributed by atoms with Crippen molar-refractivity contribution in [1.29, 1.82) is 0 Å². The van der Waals surface area contributed by atoms with Crippen LogP contribution in [0.4, 0.5) is 0 Å². The molecule has 0 N–H and O–H groups in total. The smallest absolute Gasteiger partial charge is 0.144 e. The number of fused-ring (bicyclic) bond motifs is 7. The van der Waals surface area contributed by atoms with E-state index in [1.807, 2.05) is 66.8 Å². The molecule has 0 saturated heterocycles. The van der Waals surface area contributed by atoms with Crippen LogP contribution in [0.5, 0.6) is 5.75 Å². The summed E-state index contributed by atoms with van der Waals surface area (Å²) < 4.78 is 85.6. The van der Waals surface area contributed by atoms with Crippen molar-refractivity contribution in [3.63, 3.8) is 0 Å². The Kier molecular flexibility index (Phi) is 3.64. The Labute approximate surface area is 255 Å². The second kappa shape index (κ2) is 9.09. The van der Waals surface area contributed by atoms with Gasteiger partial charge in [-0.3, -0.25) is 0 Å². The third kappa shape index (κ3) is 3.33. The van der Waals surface area contributed by atoms with Crippen LogP contribution in [0.1, 0.15) is 22.4 Å². The summed E-state index contributed by atoms with van der Waals surface area (Å²) in [5.74, 6) is 0.849. The van der Waals surface area contributed by atoms with E-state index in [0.717, 1.165) is 11.1 Å². The monoisotopic (exact) mass is 546 g/mol. The number of hydrogen-bond donors (Lipinski definition) is 0. The molecule has 1 aromatic heterocycles. The fourth-order valence-corrected chi connectivity index (χ4v) is 6.48. The first-order chi connectivity index (χ1) is 24.2. The van der Waals surface area contributed by atoms with Crippen LogP contribution in [0.15, 0.2) is 150 Å². The van der Waals surface area contributed by atoms with Gasteiger partial charge in [0.2, 0.25) is 0 Å². The lowest BCUT2D eigenvalue weighted by Gasteiger charge is -2.17. The minimum absolute atomic E-state index is 0.00711. The van der Waals surface area contributed by atoms with Gasteiger partial charge in [-0.05, 0) is 50.4 Å². The predicted molar refractivity (Wildman–Crippen MR) is 173 cm³/mol. The predicted octanol–water partition coefficient (Wildman–Crippen LogP) is 10.7. The normalized spacial score (nSPS) is 19.7. The van der Waals surface area contributed by atoms with Crippen LogP contribution in [0, 0.1) is 0 Å². The van der Waals surface area contributed by atoms with Crippen molar-refractivity contribution in [1.82, 2.24) is 0 Å². The van der Waals surface area contributed by atoms with Crippen LogP contribution in [-0.4, -0.2) is 6.10 Å². The highest BCUT2D eigenvalue weighted by Crippen LogP contribution is 2.54. The third-order valence-electron chi connectivity index (χ3n) is 8.26. The first-order valence-corrected chi connectivity index (χ1v) is 13.9. The van der Waals surface area contributed by atoms with E-state index in [0.29, 0.717) is 33.4 Å². The van der Waals surface area contributed by atoms with Gasteiger partial charge >= 0.3 is 0 Å². The molecular weight excluding hydrogens is 512 g/mol. The zero-order chi connectivity index (χ0) is 34.6. The molecule has 1 aliphatic heterocycles. The standard InChI is InChI=1S/C40H26O2/c1-3-13-25(14-4-1)35-28-18-7-9-20-30(28)37(31-21-10-8-19-29(31)35)40-36(26-15-5-2-6-16-26)38-34(42-40)24-23-32-27-17-11-12-22-33(27)41-39(32)38/h1-24,27,33H/i7D,8D,9D,10D,18D,19D,20D,21D. The number of furan rings is 1. The molecule has 6 aromatic carbocycles. The van der Waals surface area contributed by atoms with Gasteiger partial charge in [-0.2, -0.15) is 0 Å². The van der Waals surface area contributed by atoms with Crippen molar-refractivity contribution in [2.45, 2.75) is 12.0 Å². The van der Waals surface area contributed by atoms with Gasteiger partial charge in [-0.25, -0.2) is 0 Å². The van der Waals surface area contributed by atoms with E-state index in [9.17, 15) is 5.48 Å². The van der Waals surface area contributed by atoms with Crippen molar-refractivity contribution < 1.29 is 20.1 Å². The zero-order valence-corrected chi connectivity index (χ0v) is 22.2. The summed E-state index contributed by atoms with van der Waals surface area (Å²) in [5.41, 5.74) is 3.79. The summed E-state index contributed by atoms with van der Waals surface area (Å²) in [6.45, 7) is 0. The molecule has 2 atom stereocenters. The largest absolute Gasteiger partial charge is 0.484 e. The van der Waals surface area contributed by atoms with Crippen LogP contribution in [0.2, 0.25) is 0 Å². The van der Waals surface area contributed by atoms with E-state index in [1.165, 1.54) is 0 Å². The highest BCUT2D eigenvalue weighted by Gasteiger charge is 2.36. The molecule has 0 amide bonds. The molecule has 0 saturated carbocycles. The second-order valence-electron chi connectivity index (χ2n) is 10.5. The van der Waals surface area contributed by atoms with E-state index < -0.39 is 24.2 Å². The molecule has 2 nitrogen and oxygen atoms in total. The highest BCUT2D eigenvalue weighted by molar-refractivity contribution is 6.23. The SMILES string of the molecule is [2H]c1c([2H])c([2H])c2c(-c3oc4ccc5c(c4c3-c3ccccc3)OC3C=CC=CC53)c3c([2H])c([2H])c([2H])c([2H])c3c(-c3ccccc3)c2c1[2H]. The van der Waals surface area contributed by atoms with Crippen LogP contribution < -0.4 is 4.74 Å². The Hall–Kier alpha value is -5.34. The molecule has 2 aliphatic rings. The number of ether oxygens (including phenoxy) is 1. The summed E-state index contributed by atoms with van der Waals surface area (Å²) in [6, 6.07) is 19.1. The fourth-order valence-electron chi connectivity index (χ4n) is 6.48. The van der Waals surface area contributed by atoms with Crippen LogP contribution >= 0.6 is 0 Å². The quantitative estimate of drug-likeness (QED) is 0.206. The number of hydrogen-bond acceptors (Lipinski definition) is 2. The van der Waals surface area contributed by atoms with Gasteiger partial charge in [0.1, 0.15) is 23.2 Å². The molecule has 0 radical (unpaired) electrons. The average molecular weight is 547 g/mol. The molecule has 0 spiro atoms. The Morgan fingerprint density at radius 3 is 1.79 bits per heavy atom. The number of allylic oxidation sites excluding steroid dienone is 2. The lowest BCUT2D eigenvalue weighted by molar-refractivity contribution is 0.271. The van der Waals surface area contributed by atoms with Crippen LogP contribution in [0.25, 0.3) is 66.1 Å². The van der Waals surface area contributed by atoms with Crippen molar-refractivity contribution >= 4 is 32.5 Å². The Morgan fingerprint density at radius 1 is 0.571 bits per heavy atom. The molecular formula is C40H26O2. The van der Waals surface area contributed by atoms with Crippen molar-refractivity contribution in [3.05, 3.63) is 151 Å². The van der Waals surface area contributed by atoms with E-state index >= 15 is 0 Å². The van der Waals surface area contributed by atoms with E-state index in [2.05, 4.69) is 6.08 Å². The van der Waals surface area contributed by atoms with Gasteiger partial charge in [0, 0.05) is 22.6 Å². The molecule has 2 unspecified atom stereocenters. The number of benzene rings is 6. The van der Waals surface area contributed by atoms with Gasteiger partial charge < -0.3 is 9.15 Å². The van der Waals surface area contributed by atoms with E-state index in [4.69, 9.17) is 14.6 Å². The lowest BCUT2D eigenvalue weighted by Crippen LogP contribution is -2.15. The van der Waals surface area contributed by atoms with Crippen LogP contribution in [0.3, 0.4) is 0 Å². The van der Waals surface area contributed by atoms with Gasteiger partial charge in [-0.15, -0.1) is 0 Å². The van der Waals surface area contributed by atoms with Crippen LogP contribution in [-0.2, 0) is 0 Å². The van der Waals surface area contributed by atoms with Crippen molar-refractivity contribution in [3.8, 4) is 39.3 Å². The Bertz CT molecular complexity index is 2580. The molecule has 9 rings (SSSR count). The highest BCUT2D eigenvalue weighted by atomic mass is 16.5. The third-order valence-corrected chi connectivity index (χ3v) is 8.26. The number of rotatable bonds is 3. The molecule has 198 valence electrons. The second-order valence-corrected chi connectivity index (χ2v) is 10.5. The maximum atomic E-state index is 9.35. The Morgan fingerprint density at radius 2 is 1.14 bits per heavy atom. The molecule has 1 aliphatic carbocycles. The maximum Gasteiger partial charge on any atom is 0.144 e. The minimum Gasteiger partial charge on any atom is -0.484 e. The maximum absolute atomic E-state index is 9.35. The first-order valence-electron chi connectivity index (χ1n) is 17.9. The van der Waals surface area contributed by atoms with E-state index in [-0.39, 0.29) is 69.1 Å². The fraction of sp³-hybridized carbons (Fsp3) is 0.0500. The Balaban J connectivity index is 1.57. The molecule has 0 bridgehead atoms. The van der Waals surface area contributed by atoms with Gasteiger partial charge in [0.25, 0.3) is 0 Å². The van der Waals surface area contributed by atoms with Gasteiger partial charge in [0.15, 0.2) is 0 Å². The average Bonchev–Trinajstić information content (AvgIpc) is 3.73. The summed E-state index contributed by atoms with van der Waals surface area (Å²) >= 11 is 0. The molecule has 42 heavy (non-hydrogen) atoms. The minimum atomic E-state index is -0.466. The lowest BCUT2D eigenvalue weighted by atomic mass is 9.86. The summed E-state index contributed by atoms with van der Waals surface area (Å²) in [7, 11) is 0. The van der Waals surface area contributed by atoms with Gasteiger partial charge in [0.05, 0.1) is 16.4 Å². The topological polar surface area (TPSA) is 22.4 Å². The summed E-state index contributed by atoms with van der Waals surface area (Å²) in [4.78, 5) is 0. The molecule has 2 heteroatoms.